The van der Waals surface area contributed by atoms with E-state index in [1.54, 1.807) is 11.8 Å². The maximum Gasteiger partial charge on any atom is 0.264 e. The molecule has 7 heteroatoms. The molecule has 1 N–H and O–H groups in total. The average Bonchev–Trinajstić information content (AvgIpc) is 3.13. The molecular weight excluding hydrogens is 378 g/mol. The lowest BCUT2D eigenvalue weighted by molar-refractivity contribution is -0.118. The van der Waals surface area contributed by atoms with Crippen molar-refractivity contribution >= 4 is 34.1 Å². The normalized spacial score (nSPS) is 10.8. The molecule has 0 aliphatic rings. The van der Waals surface area contributed by atoms with E-state index >= 15 is 0 Å². The molecule has 1 amide bonds. The van der Waals surface area contributed by atoms with E-state index < -0.39 is 0 Å². The van der Waals surface area contributed by atoms with Crippen molar-refractivity contribution in [2.24, 2.45) is 0 Å². The fourth-order valence-corrected chi connectivity index (χ4v) is 4.02. The van der Waals surface area contributed by atoms with Gasteiger partial charge in [0.2, 0.25) is 5.13 Å². The Kier molecular flexibility index (Phi) is 6.84. The summed E-state index contributed by atoms with van der Waals surface area (Å²) in [7, 11) is 0. The minimum atomic E-state index is -0.251. The number of nitrogens with zero attached hydrogens (tertiary/aromatic N) is 2. The first-order valence-electron chi connectivity index (χ1n) is 8.63. The van der Waals surface area contributed by atoms with E-state index in [1.165, 1.54) is 22.5 Å². The number of rotatable bonds is 8. The van der Waals surface area contributed by atoms with Crippen LogP contribution in [-0.4, -0.2) is 22.7 Å². The Balaban J connectivity index is 1.44. The zero-order chi connectivity index (χ0) is 19.1. The van der Waals surface area contributed by atoms with Gasteiger partial charge in [0.15, 0.2) is 10.9 Å². The van der Waals surface area contributed by atoms with Crippen LogP contribution in [0.3, 0.4) is 0 Å². The lowest BCUT2D eigenvalue weighted by Crippen LogP contribution is -2.20. The molecule has 0 fully saturated rings. The molecule has 0 aliphatic heterocycles. The van der Waals surface area contributed by atoms with Gasteiger partial charge >= 0.3 is 0 Å². The van der Waals surface area contributed by atoms with Gasteiger partial charge in [-0.3, -0.25) is 10.1 Å². The monoisotopic (exact) mass is 399 g/mol. The van der Waals surface area contributed by atoms with Gasteiger partial charge in [-0.05, 0) is 29.2 Å². The zero-order valence-electron chi connectivity index (χ0n) is 15.2. The first-order valence-corrected chi connectivity index (χ1v) is 10.4. The summed E-state index contributed by atoms with van der Waals surface area (Å²) < 4.78 is 6.34. The lowest BCUT2D eigenvalue weighted by atomic mass is 10.0. The molecule has 0 unspecified atom stereocenters. The van der Waals surface area contributed by atoms with Crippen molar-refractivity contribution in [1.82, 2.24) is 10.2 Å². The predicted octanol–water partition coefficient (Wildman–Crippen LogP) is 4.97. The molecule has 140 valence electrons. The van der Waals surface area contributed by atoms with Gasteiger partial charge in [-0.15, -0.1) is 10.2 Å². The number of carbonyl (C=O) groups excluding carboxylic acids is 1. The standard InChI is InChI=1S/C20H21N3O2S2/c1-14(2)16-8-10-17(11-9-16)25-12-18(24)21-19-22-23-20(27-19)26-13-15-6-4-3-5-7-15/h3-11,14H,12-13H2,1-2H3,(H,21,22,24). The second-order valence-electron chi connectivity index (χ2n) is 6.21. The SMILES string of the molecule is CC(C)c1ccc(OCC(=O)Nc2nnc(SCc3ccccc3)s2)cc1. The number of nitrogens with one attached hydrogen (secondary N) is 1. The Morgan fingerprint density at radius 1 is 1.11 bits per heavy atom. The van der Waals surface area contributed by atoms with E-state index in [0.29, 0.717) is 16.8 Å². The highest BCUT2D eigenvalue weighted by atomic mass is 32.2. The van der Waals surface area contributed by atoms with Crippen LogP contribution in [0.25, 0.3) is 0 Å². The number of hydrogen-bond acceptors (Lipinski definition) is 6. The number of benzene rings is 2. The predicted molar refractivity (Wildman–Crippen MR) is 111 cm³/mol. The van der Waals surface area contributed by atoms with E-state index in [2.05, 4.69) is 41.5 Å². The van der Waals surface area contributed by atoms with Gasteiger partial charge in [0.25, 0.3) is 5.91 Å². The van der Waals surface area contributed by atoms with E-state index in [-0.39, 0.29) is 12.5 Å². The molecule has 3 aromatic rings. The fourth-order valence-electron chi connectivity index (χ4n) is 2.29. The average molecular weight is 400 g/mol. The molecule has 5 nitrogen and oxygen atoms in total. The van der Waals surface area contributed by atoms with Crippen molar-refractivity contribution in [2.75, 3.05) is 11.9 Å². The van der Waals surface area contributed by atoms with Gasteiger partial charge < -0.3 is 4.74 Å². The van der Waals surface area contributed by atoms with Crippen LogP contribution in [0.2, 0.25) is 0 Å². The molecule has 2 aromatic carbocycles. The maximum absolute atomic E-state index is 12.0. The van der Waals surface area contributed by atoms with Crippen LogP contribution >= 0.6 is 23.1 Å². The van der Waals surface area contributed by atoms with E-state index in [1.807, 2.05) is 42.5 Å². The van der Waals surface area contributed by atoms with E-state index in [9.17, 15) is 4.79 Å². The molecule has 3 rings (SSSR count). The smallest absolute Gasteiger partial charge is 0.264 e. The number of thioether (sulfide) groups is 1. The van der Waals surface area contributed by atoms with Gasteiger partial charge in [-0.1, -0.05) is 79.4 Å². The van der Waals surface area contributed by atoms with Crippen LogP contribution in [-0.2, 0) is 10.5 Å². The second-order valence-corrected chi connectivity index (χ2v) is 8.41. The van der Waals surface area contributed by atoms with Crippen LogP contribution in [0.1, 0.15) is 30.9 Å². The number of carbonyl (C=O) groups is 1. The van der Waals surface area contributed by atoms with Gasteiger partial charge in [-0.2, -0.15) is 0 Å². The minimum Gasteiger partial charge on any atom is -0.484 e. The van der Waals surface area contributed by atoms with Crippen LogP contribution < -0.4 is 10.1 Å². The third-order valence-electron chi connectivity index (χ3n) is 3.77. The summed E-state index contributed by atoms with van der Waals surface area (Å²) in [6.07, 6.45) is 0. The summed E-state index contributed by atoms with van der Waals surface area (Å²) in [6, 6.07) is 17.9. The van der Waals surface area contributed by atoms with Crippen LogP contribution in [0.5, 0.6) is 5.75 Å². The number of amides is 1. The Hall–Kier alpha value is -2.38. The Bertz CT molecular complexity index is 864. The van der Waals surface area contributed by atoms with Crippen LogP contribution in [0.15, 0.2) is 58.9 Å². The number of anilines is 1. The van der Waals surface area contributed by atoms with E-state index in [4.69, 9.17) is 4.74 Å². The van der Waals surface area contributed by atoms with Crippen molar-refractivity contribution in [2.45, 2.75) is 29.9 Å². The quantitative estimate of drug-likeness (QED) is 0.428. The van der Waals surface area contributed by atoms with Crippen LogP contribution in [0, 0.1) is 0 Å². The number of aromatic nitrogens is 2. The lowest BCUT2D eigenvalue weighted by Gasteiger charge is -2.08. The maximum atomic E-state index is 12.0. The highest BCUT2D eigenvalue weighted by molar-refractivity contribution is 8.00. The molecule has 0 spiro atoms. The summed E-state index contributed by atoms with van der Waals surface area (Å²) in [5.41, 5.74) is 2.46. The summed E-state index contributed by atoms with van der Waals surface area (Å²) in [5.74, 6) is 1.71. The molecule has 1 heterocycles. The molecule has 27 heavy (non-hydrogen) atoms. The highest BCUT2D eigenvalue weighted by Crippen LogP contribution is 2.28. The Labute approximate surface area is 167 Å². The first-order chi connectivity index (χ1) is 13.1. The van der Waals surface area contributed by atoms with Crippen LogP contribution in [0.4, 0.5) is 5.13 Å². The van der Waals surface area contributed by atoms with Crippen molar-refractivity contribution in [1.29, 1.82) is 0 Å². The molecule has 0 atom stereocenters. The third kappa shape index (κ3) is 6.08. The molecule has 0 saturated carbocycles. The molecule has 1 aromatic heterocycles. The Morgan fingerprint density at radius 2 is 1.85 bits per heavy atom. The van der Waals surface area contributed by atoms with E-state index in [0.717, 1.165) is 10.1 Å². The molecule has 0 saturated heterocycles. The molecule has 0 bridgehead atoms. The van der Waals surface area contributed by atoms with Crippen molar-refractivity contribution in [3.05, 3.63) is 65.7 Å². The van der Waals surface area contributed by atoms with Gasteiger partial charge in [0.1, 0.15) is 5.75 Å². The number of ether oxygens (including phenoxy) is 1. The fraction of sp³-hybridized carbons (Fsp3) is 0.250. The second kappa shape index (κ2) is 9.53. The minimum absolute atomic E-state index is 0.0624. The van der Waals surface area contributed by atoms with Gasteiger partial charge in [0, 0.05) is 5.75 Å². The first kappa shape index (κ1) is 19.4. The topological polar surface area (TPSA) is 64.1 Å². The molecule has 0 radical (unpaired) electrons. The third-order valence-corrected chi connectivity index (χ3v) is 5.82. The summed E-state index contributed by atoms with van der Waals surface area (Å²) in [5, 5.41) is 11.3. The Morgan fingerprint density at radius 3 is 2.56 bits per heavy atom. The summed E-state index contributed by atoms with van der Waals surface area (Å²) in [6.45, 7) is 4.21. The van der Waals surface area contributed by atoms with Crippen molar-refractivity contribution in [3.8, 4) is 5.75 Å². The van der Waals surface area contributed by atoms with Crippen molar-refractivity contribution < 1.29 is 9.53 Å². The molecular formula is C20H21N3O2S2. The summed E-state index contributed by atoms with van der Waals surface area (Å²) in [4.78, 5) is 12.0. The zero-order valence-corrected chi connectivity index (χ0v) is 16.8. The van der Waals surface area contributed by atoms with Gasteiger partial charge in [-0.25, -0.2) is 0 Å². The highest BCUT2D eigenvalue weighted by Gasteiger charge is 2.10. The molecule has 0 aliphatic carbocycles. The van der Waals surface area contributed by atoms with Gasteiger partial charge in [0.05, 0.1) is 0 Å². The van der Waals surface area contributed by atoms with Crippen molar-refractivity contribution in [3.63, 3.8) is 0 Å². The summed E-state index contributed by atoms with van der Waals surface area (Å²) >= 11 is 2.96. The number of hydrogen-bond donors (Lipinski definition) is 1. The largest absolute Gasteiger partial charge is 0.484 e.